The quantitative estimate of drug-likeness (QED) is 0.122. The van der Waals surface area contributed by atoms with Gasteiger partial charge < -0.3 is 25.0 Å². The van der Waals surface area contributed by atoms with Crippen LogP contribution in [0.25, 0.3) is 5.57 Å². The molecule has 3 aromatic carbocycles. The fourth-order valence-electron chi connectivity index (χ4n) is 9.14. The molecule has 4 heterocycles. The molecule has 2 saturated carbocycles. The molecule has 0 radical (unpaired) electrons. The van der Waals surface area contributed by atoms with Gasteiger partial charge in [-0.05, 0) is 80.1 Å². The van der Waals surface area contributed by atoms with Gasteiger partial charge in [0.05, 0.1) is 17.2 Å². The Morgan fingerprint density at radius 3 is 1.79 bits per heavy atom. The van der Waals surface area contributed by atoms with Gasteiger partial charge in [0.2, 0.25) is 29.5 Å². The minimum atomic E-state index is -0.898. The molecule has 5 atom stereocenters. The normalized spacial score (nSPS) is 23.1. The zero-order chi connectivity index (χ0) is 42.2. The molecule has 2 saturated heterocycles. The van der Waals surface area contributed by atoms with E-state index in [1.54, 1.807) is 4.90 Å². The van der Waals surface area contributed by atoms with E-state index in [1.807, 2.05) is 89.1 Å². The second kappa shape index (κ2) is 16.9. The van der Waals surface area contributed by atoms with Crippen molar-refractivity contribution in [3.05, 3.63) is 154 Å². The monoisotopic (exact) mass is 847 g/mol. The van der Waals surface area contributed by atoms with Gasteiger partial charge in [0.25, 0.3) is 0 Å². The molecule has 2 N–H and O–H groups in total. The number of likely N-dealkylation sites (tertiary alicyclic amines) is 2. The molecule has 316 valence electrons. The SMILES string of the molecule is O=C(NC(C(=O)N1CCC[C@H]1c1nc(C2(c3csc([C@@H]4CCCN4C(=O)C(NC(=O)C4CC4)c4ccccc4)n3)C=CC(c3ccccc3)=CC2)no1)c1ccccc1)C1CC1. The zero-order valence-corrected chi connectivity index (χ0v) is 35.2. The molecule has 62 heavy (non-hydrogen) atoms. The highest BCUT2D eigenvalue weighted by molar-refractivity contribution is 7.09. The van der Waals surface area contributed by atoms with Crippen molar-refractivity contribution in [2.24, 2.45) is 11.8 Å². The molecule has 12 nitrogen and oxygen atoms in total. The lowest BCUT2D eigenvalue weighted by molar-refractivity contribution is -0.138. The molecule has 3 aliphatic carbocycles. The Morgan fingerprint density at radius 1 is 0.694 bits per heavy atom. The van der Waals surface area contributed by atoms with Gasteiger partial charge in [0, 0.05) is 30.3 Å². The van der Waals surface area contributed by atoms with Crippen molar-refractivity contribution in [3.63, 3.8) is 0 Å². The maximum Gasteiger partial charge on any atom is 0.250 e. The number of hydrogen-bond donors (Lipinski definition) is 2. The van der Waals surface area contributed by atoms with Crippen LogP contribution >= 0.6 is 11.3 Å². The highest BCUT2D eigenvalue weighted by atomic mass is 32.1. The third-order valence-electron chi connectivity index (χ3n) is 13.0. The van der Waals surface area contributed by atoms with E-state index < -0.39 is 23.5 Å². The van der Waals surface area contributed by atoms with Crippen LogP contribution in [0.2, 0.25) is 0 Å². The highest BCUT2D eigenvalue weighted by Gasteiger charge is 2.45. The number of carbonyl (C=O) groups excluding carboxylic acids is 4. The number of hydrogen-bond acceptors (Lipinski definition) is 9. The number of benzene rings is 3. The second-order valence-corrected chi connectivity index (χ2v) is 18.1. The largest absolute Gasteiger partial charge is 0.340 e. The summed E-state index contributed by atoms with van der Waals surface area (Å²) < 4.78 is 6.12. The minimum Gasteiger partial charge on any atom is -0.340 e. The first-order valence-corrected chi connectivity index (χ1v) is 22.8. The Bertz CT molecular complexity index is 2370. The summed E-state index contributed by atoms with van der Waals surface area (Å²) >= 11 is 1.52. The van der Waals surface area contributed by atoms with E-state index in [9.17, 15) is 19.2 Å². The van der Waals surface area contributed by atoms with Gasteiger partial charge in [0.1, 0.15) is 23.1 Å². The predicted molar refractivity (Wildman–Crippen MR) is 233 cm³/mol. The van der Waals surface area contributed by atoms with Gasteiger partial charge in [-0.2, -0.15) is 4.98 Å². The first-order valence-electron chi connectivity index (χ1n) is 21.9. The number of thiazole rings is 1. The zero-order valence-electron chi connectivity index (χ0n) is 34.4. The van der Waals surface area contributed by atoms with Crippen LogP contribution in [0, 0.1) is 11.8 Å². The second-order valence-electron chi connectivity index (χ2n) is 17.2. The molecule has 5 aliphatic rings. The van der Waals surface area contributed by atoms with Crippen molar-refractivity contribution >= 4 is 40.5 Å². The van der Waals surface area contributed by atoms with Crippen molar-refractivity contribution < 1.29 is 23.7 Å². The van der Waals surface area contributed by atoms with Crippen molar-refractivity contribution in [2.45, 2.75) is 87.4 Å². The molecule has 0 bridgehead atoms. The lowest BCUT2D eigenvalue weighted by Gasteiger charge is -2.29. The molecule has 4 fully saturated rings. The van der Waals surface area contributed by atoms with Crippen molar-refractivity contribution in [1.82, 2.24) is 35.6 Å². The first-order chi connectivity index (χ1) is 30.4. The van der Waals surface area contributed by atoms with Crippen LogP contribution in [0.15, 0.2) is 119 Å². The Balaban J connectivity index is 0.951. The van der Waals surface area contributed by atoms with E-state index >= 15 is 0 Å². The van der Waals surface area contributed by atoms with Gasteiger partial charge >= 0.3 is 0 Å². The topological polar surface area (TPSA) is 151 Å². The predicted octanol–water partition coefficient (Wildman–Crippen LogP) is 7.72. The van der Waals surface area contributed by atoms with Crippen LogP contribution < -0.4 is 10.6 Å². The fourth-order valence-corrected chi connectivity index (χ4v) is 10.2. The van der Waals surface area contributed by atoms with E-state index in [4.69, 9.17) is 14.5 Å². The van der Waals surface area contributed by atoms with Crippen molar-refractivity contribution in [2.75, 3.05) is 13.1 Å². The van der Waals surface area contributed by atoms with Crippen LogP contribution in [0.5, 0.6) is 0 Å². The van der Waals surface area contributed by atoms with Crippen LogP contribution in [0.1, 0.15) is 121 Å². The van der Waals surface area contributed by atoms with Crippen molar-refractivity contribution in [3.8, 4) is 0 Å². The molecule has 2 aromatic heterocycles. The lowest BCUT2D eigenvalue weighted by Crippen LogP contribution is -2.43. The van der Waals surface area contributed by atoms with Crippen LogP contribution in [0.4, 0.5) is 0 Å². The summed E-state index contributed by atoms with van der Waals surface area (Å²) in [5.74, 6) is 0.206. The number of aromatic nitrogens is 3. The fraction of sp³-hybridized carbons (Fsp3) is 0.367. The molecule has 5 aromatic rings. The van der Waals surface area contributed by atoms with E-state index in [2.05, 4.69) is 46.2 Å². The van der Waals surface area contributed by atoms with Crippen LogP contribution in [-0.4, -0.2) is 61.6 Å². The van der Waals surface area contributed by atoms with Gasteiger partial charge in [-0.3, -0.25) is 19.2 Å². The summed E-state index contributed by atoms with van der Waals surface area (Å²) in [6.07, 6.45) is 13.2. The first kappa shape index (κ1) is 39.9. The van der Waals surface area contributed by atoms with Gasteiger partial charge in [-0.15, -0.1) is 11.3 Å². The van der Waals surface area contributed by atoms with Crippen LogP contribution in [0.3, 0.4) is 0 Å². The summed E-state index contributed by atoms with van der Waals surface area (Å²) in [5.41, 5.74) is 3.51. The lowest BCUT2D eigenvalue weighted by atomic mass is 9.76. The maximum atomic E-state index is 14.5. The number of rotatable bonds is 13. The standard InChI is InChI=1S/C49H49N7O5S/c57-42(35-20-21-35)51-40(33-14-6-2-7-15-33)46(59)55-28-10-18-37(55)44-53-48(54-61-44)49(26-24-32(25-27-49)31-12-4-1-5-13-31)39-30-62-45(50-39)38-19-11-29-56(38)47(60)41(34-16-8-3-9-17-34)52-43(58)36-22-23-36/h1-9,12-17,24-26,30,35-38,40-41H,10-11,18-23,27-29H2,(H,51,57)(H,52,58)/t37-,38-,40?,41?,49?/m0/s1. The van der Waals surface area contributed by atoms with E-state index in [0.717, 1.165) is 77.9 Å². The van der Waals surface area contributed by atoms with Crippen LogP contribution in [-0.2, 0) is 24.6 Å². The number of nitrogens with one attached hydrogen (secondary N) is 2. The van der Waals surface area contributed by atoms with Gasteiger partial charge in [0.15, 0.2) is 5.82 Å². The average Bonchev–Trinajstić information content (AvgIpc) is 4.07. The summed E-state index contributed by atoms with van der Waals surface area (Å²) in [5, 5.41) is 13.6. The van der Waals surface area contributed by atoms with Crippen molar-refractivity contribution in [1.29, 1.82) is 0 Å². The Morgan fingerprint density at radius 2 is 1.24 bits per heavy atom. The van der Waals surface area contributed by atoms with Gasteiger partial charge in [-0.1, -0.05) is 114 Å². The molecule has 2 aliphatic heterocycles. The summed E-state index contributed by atoms with van der Waals surface area (Å²) in [7, 11) is 0. The summed E-state index contributed by atoms with van der Waals surface area (Å²) in [6.45, 7) is 1.06. The number of amides is 4. The highest BCUT2D eigenvalue weighted by Crippen LogP contribution is 2.45. The third-order valence-corrected chi connectivity index (χ3v) is 13.9. The number of allylic oxidation sites excluding steroid dienone is 4. The van der Waals surface area contributed by atoms with E-state index in [-0.39, 0.29) is 41.5 Å². The van der Waals surface area contributed by atoms with E-state index in [1.165, 1.54) is 11.3 Å². The minimum absolute atomic E-state index is 0.0326. The maximum absolute atomic E-state index is 14.5. The molecule has 13 heteroatoms. The Kier molecular flexibility index (Phi) is 10.9. The molecular formula is C49H49N7O5S. The molecule has 0 spiro atoms. The van der Waals surface area contributed by atoms with Gasteiger partial charge in [-0.25, -0.2) is 4.98 Å². The molecule has 4 amide bonds. The molecular weight excluding hydrogens is 799 g/mol. The summed E-state index contributed by atoms with van der Waals surface area (Å²) in [6, 6.07) is 26.8. The Labute approximate surface area is 364 Å². The molecule has 10 rings (SSSR count). The third kappa shape index (κ3) is 7.90. The average molecular weight is 848 g/mol. The van der Waals surface area contributed by atoms with E-state index in [0.29, 0.717) is 37.6 Å². The number of nitrogens with zero attached hydrogens (tertiary/aromatic N) is 5. The summed E-state index contributed by atoms with van der Waals surface area (Å²) in [4.78, 5) is 69.1. The molecule has 3 unspecified atom stereocenters. The smallest absolute Gasteiger partial charge is 0.250 e. The number of carbonyl (C=O) groups is 4. The Hall–Kier alpha value is -6.21.